The first-order chi connectivity index (χ1) is 13.6. The van der Waals surface area contributed by atoms with Crippen molar-refractivity contribution in [2.45, 2.75) is 13.0 Å². The molecule has 1 heterocycles. The monoisotopic (exact) mass is 384 g/mol. The average molecular weight is 384 g/mol. The highest BCUT2D eigenvalue weighted by Crippen LogP contribution is 2.27. The number of amides is 1. The van der Waals surface area contributed by atoms with E-state index in [1.54, 1.807) is 25.3 Å². The van der Waals surface area contributed by atoms with Crippen LogP contribution in [0.2, 0.25) is 0 Å². The lowest BCUT2D eigenvalue weighted by Gasteiger charge is -2.10. The lowest BCUT2D eigenvalue weighted by atomic mass is 10.2. The molecule has 0 bridgehead atoms. The van der Waals surface area contributed by atoms with Crippen molar-refractivity contribution in [3.8, 4) is 11.5 Å². The minimum Gasteiger partial charge on any atom is -0.493 e. The number of para-hydroxylation sites is 1. The van der Waals surface area contributed by atoms with Gasteiger partial charge in [-0.2, -0.15) is 0 Å². The van der Waals surface area contributed by atoms with E-state index < -0.39 is 11.9 Å². The van der Waals surface area contributed by atoms with Crippen molar-refractivity contribution in [1.82, 2.24) is 10.5 Å². The Bertz CT molecular complexity index is 982. The Balaban J connectivity index is 1.47. The zero-order valence-electron chi connectivity index (χ0n) is 15.6. The molecule has 0 atom stereocenters. The lowest BCUT2D eigenvalue weighted by Crippen LogP contribution is -2.28. The van der Waals surface area contributed by atoms with Crippen LogP contribution < -0.4 is 14.8 Å². The summed E-state index contributed by atoms with van der Waals surface area (Å²) in [5.74, 6) is 0.209. The zero-order chi connectivity index (χ0) is 19.9. The molecular formula is C20H20N2O6. The van der Waals surface area contributed by atoms with E-state index in [1.165, 1.54) is 7.11 Å². The van der Waals surface area contributed by atoms with Gasteiger partial charge in [-0.3, -0.25) is 9.59 Å². The number of nitrogens with zero attached hydrogens (tertiary/aromatic N) is 1. The quantitative estimate of drug-likeness (QED) is 0.595. The molecule has 3 rings (SSSR count). The number of carbonyl (C=O) groups is 2. The molecule has 0 aliphatic carbocycles. The smallest absolute Gasteiger partial charge is 0.312 e. The third-order valence-electron chi connectivity index (χ3n) is 4.07. The number of methoxy groups -OCH3 is 2. The number of fused-ring (bicyclic) bond motifs is 1. The summed E-state index contributed by atoms with van der Waals surface area (Å²) < 4.78 is 20.6. The van der Waals surface area contributed by atoms with Gasteiger partial charge >= 0.3 is 5.97 Å². The van der Waals surface area contributed by atoms with Gasteiger partial charge in [0.05, 0.1) is 20.6 Å². The number of carbonyl (C=O) groups excluding carboxylic acids is 2. The number of ether oxygens (including phenoxy) is 3. The van der Waals surface area contributed by atoms with Gasteiger partial charge in [0, 0.05) is 11.9 Å². The molecule has 146 valence electrons. The van der Waals surface area contributed by atoms with E-state index in [0.29, 0.717) is 22.8 Å². The van der Waals surface area contributed by atoms with Crippen molar-refractivity contribution in [1.29, 1.82) is 0 Å². The first-order valence-corrected chi connectivity index (χ1v) is 8.57. The van der Waals surface area contributed by atoms with Crippen molar-refractivity contribution in [2.24, 2.45) is 0 Å². The molecule has 8 heteroatoms. The Hall–Kier alpha value is -3.55. The van der Waals surface area contributed by atoms with E-state index in [1.807, 2.05) is 24.3 Å². The summed E-state index contributed by atoms with van der Waals surface area (Å²) in [5, 5.41) is 7.30. The Morgan fingerprint density at radius 2 is 1.86 bits per heavy atom. The molecule has 28 heavy (non-hydrogen) atoms. The zero-order valence-corrected chi connectivity index (χ0v) is 15.6. The molecule has 0 saturated carbocycles. The molecule has 0 spiro atoms. The number of rotatable bonds is 8. The van der Waals surface area contributed by atoms with Gasteiger partial charge in [-0.1, -0.05) is 23.4 Å². The first-order valence-electron chi connectivity index (χ1n) is 8.57. The maximum atomic E-state index is 12.0. The fourth-order valence-corrected chi connectivity index (χ4v) is 2.64. The first kappa shape index (κ1) is 19.2. The Morgan fingerprint density at radius 1 is 1.07 bits per heavy atom. The van der Waals surface area contributed by atoms with Crippen molar-refractivity contribution in [3.63, 3.8) is 0 Å². The molecule has 1 N–H and O–H groups in total. The van der Waals surface area contributed by atoms with E-state index in [-0.39, 0.29) is 19.6 Å². The van der Waals surface area contributed by atoms with Gasteiger partial charge in [-0.15, -0.1) is 0 Å². The van der Waals surface area contributed by atoms with Gasteiger partial charge in [-0.05, 0) is 29.8 Å². The van der Waals surface area contributed by atoms with Crippen LogP contribution in [-0.4, -0.2) is 37.9 Å². The normalized spacial score (nSPS) is 10.5. The van der Waals surface area contributed by atoms with Crippen LogP contribution in [0.5, 0.6) is 11.5 Å². The number of hydrogen-bond acceptors (Lipinski definition) is 7. The van der Waals surface area contributed by atoms with E-state index in [0.717, 1.165) is 10.9 Å². The molecule has 0 radical (unpaired) electrons. The third-order valence-corrected chi connectivity index (χ3v) is 4.07. The molecular weight excluding hydrogens is 364 g/mol. The van der Waals surface area contributed by atoms with Crippen molar-refractivity contribution in [3.05, 3.63) is 53.7 Å². The summed E-state index contributed by atoms with van der Waals surface area (Å²) in [4.78, 5) is 23.9. The van der Waals surface area contributed by atoms with Crippen LogP contribution in [0.4, 0.5) is 0 Å². The van der Waals surface area contributed by atoms with Crippen LogP contribution in [0.15, 0.2) is 47.0 Å². The standard InChI is InChI=1S/C20H20N2O6/c1-25-17-8-7-13(9-18(17)26-2)11-21-19(23)12-27-20(24)10-15-14-5-3-4-6-16(14)28-22-15/h3-9H,10-12H2,1-2H3,(H,21,23). The van der Waals surface area contributed by atoms with Crippen molar-refractivity contribution < 1.29 is 28.3 Å². The number of nitrogens with one attached hydrogen (secondary N) is 1. The third kappa shape index (κ3) is 4.59. The second-order valence-electron chi connectivity index (χ2n) is 5.93. The summed E-state index contributed by atoms with van der Waals surface area (Å²) in [7, 11) is 3.09. The molecule has 0 aliphatic heterocycles. The molecule has 0 fully saturated rings. The molecule has 2 aromatic carbocycles. The predicted molar refractivity (Wildman–Crippen MR) is 100 cm³/mol. The Kier molecular flexibility index (Phi) is 6.11. The SMILES string of the molecule is COc1ccc(CNC(=O)COC(=O)Cc2noc3ccccc23)cc1OC. The summed E-state index contributed by atoms with van der Waals surface area (Å²) in [6.07, 6.45) is -0.0695. The van der Waals surface area contributed by atoms with Crippen molar-refractivity contribution in [2.75, 3.05) is 20.8 Å². The van der Waals surface area contributed by atoms with Gasteiger partial charge in [0.25, 0.3) is 5.91 Å². The second kappa shape index (κ2) is 8.90. The van der Waals surface area contributed by atoms with Crippen LogP contribution in [0.25, 0.3) is 11.0 Å². The highest BCUT2D eigenvalue weighted by molar-refractivity contribution is 5.85. The molecule has 8 nitrogen and oxygen atoms in total. The van der Waals surface area contributed by atoms with Crippen LogP contribution in [0, 0.1) is 0 Å². The van der Waals surface area contributed by atoms with Crippen LogP contribution in [0.3, 0.4) is 0 Å². The molecule has 1 aromatic heterocycles. The van der Waals surface area contributed by atoms with E-state index >= 15 is 0 Å². The van der Waals surface area contributed by atoms with Gasteiger partial charge in [0.15, 0.2) is 23.7 Å². The maximum Gasteiger partial charge on any atom is 0.312 e. The van der Waals surface area contributed by atoms with Crippen LogP contribution in [-0.2, 0) is 27.3 Å². The largest absolute Gasteiger partial charge is 0.493 e. The number of esters is 1. The average Bonchev–Trinajstić information content (AvgIpc) is 3.13. The van der Waals surface area contributed by atoms with Gasteiger partial charge in [0.2, 0.25) is 0 Å². The van der Waals surface area contributed by atoms with Gasteiger partial charge in [0.1, 0.15) is 5.69 Å². The Labute approximate surface area is 161 Å². The number of benzene rings is 2. The van der Waals surface area contributed by atoms with E-state index in [9.17, 15) is 9.59 Å². The van der Waals surface area contributed by atoms with Crippen molar-refractivity contribution >= 4 is 22.8 Å². The minimum absolute atomic E-state index is 0.0695. The molecule has 0 saturated heterocycles. The molecule has 0 aliphatic rings. The number of aromatic nitrogens is 1. The summed E-state index contributed by atoms with van der Waals surface area (Å²) in [5.41, 5.74) is 1.90. The van der Waals surface area contributed by atoms with E-state index in [4.69, 9.17) is 18.7 Å². The molecule has 0 unspecified atom stereocenters. The fraction of sp³-hybridized carbons (Fsp3) is 0.250. The highest BCUT2D eigenvalue weighted by Gasteiger charge is 2.14. The fourth-order valence-electron chi connectivity index (χ4n) is 2.64. The van der Waals surface area contributed by atoms with Gasteiger partial charge < -0.3 is 24.1 Å². The molecule has 3 aromatic rings. The second-order valence-corrected chi connectivity index (χ2v) is 5.93. The van der Waals surface area contributed by atoms with Gasteiger partial charge in [-0.25, -0.2) is 0 Å². The maximum absolute atomic E-state index is 12.0. The minimum atomic E-state index is -0.555. The van der Waals surface area contributed by atoms with E-state index in [2.05, 4.69) is 10.5 Å². The van der Waals surface area contributed by atoms with Crippen LogP contribution in [0.1, 0.15) is 11.3 Å². The topological polar surface area (TPSA) is 99.9 Å². The highest BCUT2D eigenvalue weighted by atomic mass is 16.5. The predicted octanol–water partition coefficient (Wildman–Crippen LogP) is 2.25. The Morgan fingerprint density at radius 3 is 2.64 bits per heavy atom. The summed E-state index contributed by atoms with van der Waals surface area (Å²) >= 11 is 0. The lowest BCUT2D eigenvalue weighted by molar-refractivity contribution is -0.148. The van der Waals surface area contributed by atoms with Crippen LogP contribution >= 0.6 is 0 Å². The summed E-state index contributed by atoms with van der Waals surface area (Å²) in [6, 6.07) is 12.5. The summed E-state index contributed by atoms with van der Waals surface area (Å²) in [6.45, 7) is -0.105. The number of hydrogen-bond donors (Lipinski definition) is 1. The molecule has 1 amide bonds.